The molecule has 3 rings (SSSR count). The highest BCUT2D eigenvalue weighted by molar-refractivity contribution is 6.29. The molecule has 1 aromatic carbocycles. The molecule has 0 N–H and O–H groups in total. The maximum atomic E-state index is 8.92. The van der Waals surface area contributed by atoms with Crippen LogP contribution in [-0.2, 0) is 12.8 Å². The number of aryl methyl sites for hydroxylation is 2. The fourth-order valence-electron chi connectivity index (χ4n) is 2.48. The van der Waals surface area contributed by atoms with Crippen LogP contribution < -0.4 is 4.74 Å². The van der Waals surface area contributed by atoms with E-state index in [0.29, 0.717) is 11.4 Å². The first kappa shape index (κ1) is 13.0. The van der Waals surface area contributed by atoms with E-state index in [1.54, 1.807) is 6.07 Å². The van der Waals surface area contributed by atoms with Crippen molar-refractivity contribution >= 4 is 11.6 Å². The second-order valence-electron chi connectivity index (χ2n) is 4.87. The Balaban J connectivity index is 1.88. The lowest BCUT2D eigenvalue weighted by Gasteiger charge is -2.16. The monoisotopic (exact) mass is 284 g/mol. The van der Waals surface area contributed by atoms with E-state index in [-0.39, 0.29) is 5.15 Å². The van der Waals surface area contributed by atoms with Gasteiger partial charge in [0, 0.05) is 6.07 Å². The summed E-state index contributed by atoms with van der Waals surface area (Å²) in [5.41, 5.74) is 3.19. The number of halogens is 1. The lowest BCUT2D eigenvalue weighted by molar-refractivity contribution is 0.461. The average molecular weight is 285 g/mol. The molecule has 1 aromatic heterocycles. The van der Waals surface area contributed by atoms with Crippen molar-refractivity contribution in [2.75, 3.05) is 0 Å². The zero-order valence-corrected chi connectivity index (χ0v) is 11.7. The quantitative estimate of drug-likeness (QED) is 0.773. The first-order valence-corrected chi connectivity index (χ1v) is 7.00. The summed E-state index contributed by atoms with van der Waals surface area (Å²) in [6, 6.07) is 11.3. The van der Waals surface area contributed by atoms with E-state index < -0.39 is 0 Å². The summed E-state index contributed by atoms with van der Waals surface area (Å²) in [4.78, 5) is 4.08. The zero-order chi connectivity index (χ0) is 13.9. The van der Waals surface area contributed by atoms with Gasteiger partial charge in [0.1, 0.15) is 10.9 Å². The molecule has 0 fully saturated rings. The second kappa shape index (κ2) is 5.52. The summed E-state index contributed by atoms with van der Waals surface area (Å²) in [7, 11) is 0. The Morgan fingerprint density at radius 3 is 2.70 bits per heavy atom. The van der Waals surface area contributed by atoms with E-state index in [4.69, 9.17) is 21.6 Å². The van der Waals surface area contributed by atoms with Crippen LogP contribution in [0.2, 0.25) is 5.15 Å². The van der Waals surface area contributed by atoms with Gasteiger partial charge in [0.25, 0.3) is 0 Å². The van der Waals surface area contributed by atoms with Gasteiger partial charge in [-0.15, -0.1) is 0 Å². The first-order valence-electron chi connectivity index (χ1n) is 6.62. The molecule has 1 aliphatic rings. The Hall–Kier alpha value is -2.05. The third-order valence-electron chi connectivity index (χ3n) is 3.44. The normalized spacial score (nSPS) is 13.4. The molecule has 3 nitrogen and oxygen atoms in total. The standard InChI is InChI=1S/C16H13ClN2O/c17-15-7-11(10-18)8-16(19-15)20-14-6-5-12-3-1-2-4-13(12)9-14/h5-9H,1-4H2. The molecule has 0 saturated heterocycles. The molecule has 0 spiro atoms. The summed E-state index contributed by atoms with van der Waals surface area (Å²) in [6.45, 7) is 0. The topological polar surface area (TPSA) is 45.9 Å². The van der Waals surface area contributed by atoms with Crippen molar-refractivity contribution in [3.8, 4) is 17.7 Å². The minimum atomic E-state index is 0.261. The molecule has 100 valence electrons. The van der Waals surface area contributed by atoms with E-state index in [1.807, 2.05) is 12.1 Å². The third kappa shape index (κ3) is 2.76. The molecule has 0 saturated carbocycles. The van der Waals surface area contributed by atoms with Crippen molar-refractivity contribution in [2.24, 2.45) is 0 Å². The van der Waals surface area contributed by atoms with E-state index in [1.165, 1.54) is 30.0 Å². The van der Waals surface area contributed by atoms with Crippen LogP contribution in [-0.4, -0.2) is 4.98 Å². The molecule has 0 aliphatic heterocycles. The van der Waals surface area contributed by atoms with Crippen LogP contribution in [0.1, 0.15) is 29.5 Å². The van der Waals surface area contributed by atoms with Crippen LogP contribution in [0.4, 0.5) is 0 Å². The summed E-state index contributed by atoms with van der Waals surface area (Å²) >= 11 is 5.87. The summed E-state index contributed by atoms with van der Waals surface area (Å²) < 4.78 is 5.72. The molecular formula is C16H13ClN2O. The average Bonchev–Trinajstić information content (AvgIpc) is 2.46. The summed E-state index contributed by atoms with van der Waals surface area (Å²) in [5, 5.41) is 9.18. The fourth-order valence-corrected chi connectivity index (χ4v) is 2.68. The number of fused-ring (bicyclic) bond motifs is 1. The second-order valence-corrected chi connectivity index (χ2v) is 5.26. The van der Waals surface area contributed by atoms with Gasteiger partial charge in [-0.3, -0.25) is 0 Å². The molecule has 1 aliphatic carbocycles. The van der Waals surface area contributed by atoms with Gasteiger partial charge < -0.3 is 4.74 Å². The van der Waals surface area contributed by atoms with Gasteiger partial charge in [-0.05, 0) is 55.0 Å². The summed E-state index contributed by atoms with van der Waals surface area (Å²) in [6.07, 6.45) is 4.72. The SMILES string of the molecule is N#Cc1cc(Cl)nc(Oc2ccc3c(c2)CCCC3)c1. The lowest BCUT2D eigenvalue weighted by Crippen LogP contribution is -2.02. The van der Waals surface area contributed by atoms with Gasteiger partial charge >= 0.3 is 0 Å². The van der Waals surface area contributed by atoms with Gasteiger partial charge in [-0.25, -0.2) is 4.98 Å². The highest BCUT2D eigenvalue weighted by atomic mass is 35.5. The highest BCUT2D eigenvalue weighted by Crippen LogP contribution is 2.28. The Morgan fingerprint density at radius 1 is 1.10 bits per heavy atom. The minimum absolute atomic E-state index is 0.261. The van der Waals surface area contributed by atoms with Crippen LogP contribution in [0, 0.1) is 11.3 Å². The van der Waals surface area contributed by atoms with Crippen molar-refractivity contribution in [1.82, 2.24) is 4.98 Å². The van der Waals surface area contributed by atoms with Crippen LogP contribution in [0.25, 0.3) is 0 Å². The van der Waals surface area contributed by atoms with Crippen molar-refractivity contribution in [1.29, 1.82) is 5.26 Å². The maximum Gasteiger partial charge on any atom is 0.221 e. The predicted octanol–water partition coefficient (Wildman–Crippen LogP) is 4.28. The van der Waals surface area contributed by atoms with E-state index in [2.05, 4.69) is 17.1 Å². The third-order valence-corrected chi connectivity index (χ3v) is 3.64. The minimum Gasteiger partial charge on any atom is -0.439 e. The molecule has 2 aromatic rings. The molecule has 1 heterocycles. The summed E-state index contributed by atoms with van der Waals surface area (Å²) in [5.74, 6) is 1.09. The molecule has 0 radical (unpaired) electrons. The number of nitriles is 1. The molecule has 0 amide bonds. The van der Waals surface area contributed by atoms with Crippen molar-refractivity contribution in [3.63, 3.8) is 0 Å². The van der Waals surface area contributed by atoms with Crippen molar-refractivity contribution in [3.05, 3.63) is 52.2 Å². The van der Waals surface area contributed by atoms with Crippen molar-refractivity contribution < 1.29 is 4.74 Å². The maximum absolute atomic E-state index is 8.92. The largest absolute Gasteiger partial charge is 0.439 e. The Labute approximate surface area is 122 Å². The number of rotatable bonds is 2. The molecule has 0 bridgehead atoms. The Kier molecular flexibility index (Phi) is 3.58. The van der Waals surface area contributed by atoms with Gasteiger partial charge in [0.2, 0.25) is 5.88 Å². The molecule has 0 unspecified atom stereocenters. The fraction of sp³-hybridized carbons (Fsp3) is 0.250. The number of pyridine rings is 1. The number of ether oxygens (including phenoxy) is 1. The predicted molar refractivity (Wildman–Crippen MR) is 77.1 cm³/mol. The van der Waals surface area contributed by atoms with E-state index >= 15 is 0 Å². The number of hydrogen-bond donors (Lipinski definition) is 0. The van der Waals surface area contributed by atoms with E-state index in [0.717, 1.165) is 18.6 Å². The highest BCUT2D eigenvalue weighted by Gasteiger charge is 2.11. The van der Waals surface area contributed by atoms with Gasteiger partial charge in [0.15, 0.2) is 0 Å². The smallest absolute Gasteiger partial charge is 0.221 e. The number of hydrogen-bond acceptors (Lipinski definition) is 3. The van der Waals surface area contributed by atoms with Gasteiger partial charge in [0.05, 0.1) is 11.6 Å². The first-order chi connectivity index (χ1) is 9.74. The Morgan fingerprint density at radius 2 is 1.90 bits per heavy atom. The molecule has 4 heteroatoms. The number of nitrogens with zero attached hydrogens (tertiary/aromatic N) is 2. The molecule has 20 heavy (non-hydrogen) atoms. The van der Waals surface area contributed by atoms with E-state index in [9.17, 15) is 0 Å². The van der Waals surface area contributed by atoms with Crippen LogP contribution in [0.15, 0.2) is 30.3 Å². The van der Waals surface area contributed by atoms with Crippen LogP contribution in [0.5, 0.6) is 11.6 Å². The number of aromatic nitrogens is 1. The number of benzene rings is 1. The lowest BCUT2D eigenvalue weighted by atomic mass is 9.92. The van der Waals surface area contributed by atoms with Gasteiger partial charge in [-0.1, -0.05) is 17.7 Å². The van der Waals surface area contributed by atoms with Crippen molar-refractivity contribution in [2.45, 2.75) is 25.7 Å². The van der Waals surface area contributed by atoms with Gasteiger partial charge in [-0.2, -0.15) is 5.26 Å². The molecule has 0 atom stereocenters. The zero-order valence-electron chi connectivity index (χ0n) is 10.9. The Bertz CT molecular complexity index is 691. The molecular weight excluding hydrogens is 272 g/mol. The van der Waals surface area contributed by atoms with Crippen LogP contribution in [0.3, 0.4) is 0 Å². The van der Waals surface area contributed by atoms with Crippen LogP contribution >= 0.6 is 11.6 Å².